The van der Waals surface area contributed by atoms with E-state index >= 15 is 0 Å². The van der Waals surface area contributed by atoms with Crippen LogP contribution in [0.3, 0.4) is 0 Å². The Hall–Kier alpha value is -1.39. The van der Waals surface area contributed by atoms with Crippen LogP contribution < -0.4 is 5.32 Å². The molecular weight excluding hydrogens is 244 g/mol. The Balaban J connectivity index is 2.11. The molecule has 16 heavy (non-hydrogen) atoms. The summed E-state index contributed by atoms with van der Waals surface area (Å²) in [5.74, 6) is -0.175. The zero-order valence-corrected chi connectivity index (χ0v) is 10.1. The van der Waals surface area contributed by atoms with E-state index in [2.05, 4.69) is 10.3 Å². The number of benzene rings is 1. The largest absolute Gasteiger partial charge is 0.298 e. The van der Waals surface area contributed by atoms with Crippen molar-refractivity contribution in [3.8, 4) is 0 Å². The number of amides is 1. The molecule has 0 aliphatic carbocycles. The first-order valence-corrected chi connectivity index (χ1v) is 5.84. The summed E-state index contributed by atoms with van der Waals surface area (Å²) < 4.78 is 0. The Labute approximate surface area is 102 Å². The number of carbonyl (C=O) groups is 1. The summed E-state index contributed by atoms with van der Waals surface area (Å²) in [6, 6.07) is 6.73. The Kier molecular flexibility index (Phi) is 3.22. The first-order chi connectivity index (χ1) is 7.65. The molecule has 2 aromatic rings. The topological polar surface area (TPSA) is 42.0 Å². The summed E-state index contributed by atoms with van der Waals surface area (Å²) in [6.45, 7) is 1.94. The summed E-state index contributed by atoms with van der Waals surface area (Å²) >= 11 is 7.18. The molecule has 3 nitrogen and oxygen atoms in total. The predicted octanol–water partition coefficient (Wildman–Crippen LogP) is 3.36. The first kappa shape index (κ1) is 11.1. The Bertz CT molecular complexity index is 507. The molecule has 0 fully saturated rings. The van der Waals surface area contributed by atoms with Crippen molar-refractivity contribution < 1.29 is 4.79 Å². The summed E-state index contributed by atoms with van der Waals surface area (Å²) in [6.07, 6.45) is 1.72. The molecular formula is C11H9ClN2OS. The van der Waals surface area contributed by atoms with Crippen LogP contribution in [0.15, 0.2) is 30.5 Å². The third-order valence-corrected chi connectivity index (χ3v) is 3.03. The molecule has 5 heteroatoms. The average molecular weight is 253 g/mol. The summed E-state index contributed by atoms with van der Waals surface area (Å²) in [4.78, 5) is 16.9. The number of carbonyl (C=O) groups excluding carboxylic acids is 1. The number of aryl methyl sites for hydroxylation is 1. The Morgan fingerprint density at radius 2 is 2.06 bits per heavy atom. The fraction of sp³-hybridized carbons (Fsp3) is 0.0909. The minimum Gasteiger partial charge on any atom is -0.298 e. The number of nitrogens with one attached hydrogen (secondary N) is 1. The van der Waals surface area contributed by atoms with Gasteiger partial charge in [0.05, 0.1) is 0 Å². The minimum atomic E-state index is -0.175. The number of hydrogen-bond donors (Lipinski definition) is 1. The number of aromatic nitrogens is 1. The maximum Gasteiger partial charge on any atom is 0.257 e. The van der Waals surface area contributed by atoms with E-state index in [0.29, 0.717) is 15.7 Å². The van der Waals surface area contributed by atoms with Gasteiger partial charge in [-0.15, -0.1) is 11.3 Å². The fourth-order valence-electron chi connectivity index (χ4n) is 1.18. The molecule has 1 heterocycles. The van der Waals surface area contributed by atoms with Gasteiger partial charge in [0, 0.05) is 21.7 Å². The zero-order valence-electron chi connectivity index (χ0n) is 8.53. The molecule has 0 saturated carbocycles. The van der Waals surface area contributed by atoms with Crippen LogP contribution in [0.2, 0.25) is 5.02 Å². The van der Waals surface area contributed by atoms with Crippen molar-refractivity contribution in [3.63, 3.8) is 0 Å². The number of halogens is 1. The molecule has 1 N–H and O–H groups in total. The van der Waals surface area contributed by atoms with Gasteiger partial charge in [-0.05, 0) is 31.2 Å². The van der Waals surface area contributed by atoms with Crippen LogP contribution in [-0.2, 0) is 0 Å². The lowest BCUT2D eigenvalue weighted by atomic mass is 10.2. The molecule has 0 unspecified atom stereocenters. The van der Waals surface area contributed by atoms with Gasteiger partial charge in [-0.3, -0.25) is 10.1 Å². The highest BCUT2D eigenvalue weighted by Gasteiger charge is 2.07. The molecule has 0 atom stereocenters. The maximum absolute atomic E-state index is 11.7. The second-order valence-corrected chi connectivity index (χ2v) is 4.91. The maximum atomic E-state index is 11.7. The van der Waals surface area contributed by atoms with Crippen molar-refractivity contribution in [1.29, 1.82) is 0 Å². The monoisotopic (exact) mass is 252 g/mol. The highest BCUT2D eigenvalue weighted by Crippen LogP contribution is 2.18. The lowest BCUT2D eigenvalue weighted by Gasteiger charge is -2.01. The molecule has 1 amide bonds. The van der Waals surface area contributed by atoms with Crippen LogP contribution in [0, 0.1) is 6.92 Å². The van der Waals surface area contributed by atoms with Gasteiger partial charge in [0.25, 0.3) is 5.91 Å². The number of hydrogen-bond acceptors (Lipinski definition) is 3. The van der Waals surface area contributed by atoms with E-state index in [4.69, 9.17) is 11.6 Å². The standard InChI is InChI=1S/C11H9ClN2OS/c1-7-6-13-11(16-7)14-10(15)8-2-4-9(12)5-3-8/h2-6H,1H3,(H,13,14,15). The molecule has 0 aliphatic rings. The van der Waals surface area contributed by atoms with Crippen molar-refractivity contribution in [2.75, 3.05) is 5.32 Å². The molecule has 0 saturated heterocycles. The van der Waals surface area contributed by atoms with E-state index in [0.717, 1.165) is 4.88 Å². The van der Waals surface area contributed by atoms with Gasteiger partial charge in [-0.2, -0.15) is 0 Å². The summed E-state index contributed by atoms with van der Waals surface area (Å²) in [5, 5.41) is 3.95. The summed E-state index contributed by atoms with van der Waals surface area (Å²) in [7, 11) is 0. The van der Waals surface area contributed by atoms with Crippen LogP contribution in [0.25, 0.3) is 0 Å². The van der Waals surface area contributed by atoms with Crippen LogP contribution >= 0.6 is 22.9 Å². The van der Waals surface area contributed by atoms with Crippen LogP contribution in [0.5, 0.6) is 0 Å². The fourth-order valence-corrected chi connectivity index (χ4v) is 1.97. The molecule has 0 aliphatic heterocycles. The number of anilines is 1. The number of rotatable bonds is 2. The van der Waals surface area contributed by atoms with E-state index in [9.17, 15) is 4.79 Å². The minimum absolute atomic E-state index is 0.175. The normalized spacial score (nSPS) is 10.1. The Morgan fingerprint density at radius 1 is 1.38 bits per heavy atom. The third-order valence-electron chi connectivity index (χ3n) is 1.95. The molecule has 82 valence electrons. The highest BCUT2D eigenvalue weighted by atomic mass is 35.5. The van der Waals surface area contributed by atoms with Gasteiger partial charge in [0.2, 0.25) is 0 Å². The van der Waals surface area contributed by atoms with Gasteiger partial charge < -0.3 is 0 Å². The second kappa shape index (κ2) is 4.63. The van der Waals surface area contributed by atoms with Gasteiger partial charge in [-0.1, -0.05) is 11.6 Å². The molecule has 0 bridgehead atoms. The smallest absolute Gasteiger partial charge is 0.257 e. The van der Waals surface area contributed by atoms with Crippen LogP contribution in [-0.4, -0.2) is 10.9 Å². The van der Waals surface area contributed by atoms with E-state index in [-0.39, 0.29) is 5.91 Å². The van der Waals surface area contributed by atoms with E-state index < -0.39 is 0 Å². The van der Waals surface area contributed by atoms with E-state index in [1.165, 1.54) is 11.3 Å². The van der Waals surface area contributed by atoms with Crippen molar-refractivity contribution in [1.82, 2.24) is 4.98 Å². The highest BCUT2D eigenvalue weighted by molar-refractivity contribution is 7.15. The van der Waals surface area contributed by atoms with Gasteiger partial charge in [0.15, 0.2) is 5.13 Å². The third kappa shape index (κ3) is 2.59. The van der Waals surface area contributed by atoms with Crippen molar-refractivity contribution in [2.45, 2.75) is 6.92 Å². The first-order valence-electron chi connectivity index (χ1n) is 4.64. The molecule has 0 radical (unpaired) electrons. The molecule has 1 aromatic heterocycles. The van der Waals surface area contributed by atoms with Gasteiger partial charge in [0.1, 0.15) is 0 Å². The average Bonchev–Trinajstić information content (AvgIpc) is 2.65. The molecule has 1 aromatic carbocycles. The lowest BCUT2D eigenvalue weighted by molar-refractivity contribution is 0.102. The quantitative estimate of drug-likeness (QED) is 0.891. The van der Waals surface area contributed by atoms with Crippen LogP contribution in [0.1, 0.15) is 15.2 Å². The van der Waals surface area contributed by atoms with E-state index in [1.807, 2.05) is 6.92 Å². The zero-order chi connectivity index (χ0) is 11.5. The molecule has 2 rings (SSSR count). The SMILES string of the molecule is Cc1cnc(NC(=O)c2ccc(Cl)cc2)s1. The predicted molar refractivity (Wildman–Crippen MR) is 66.3 cm³/mol. The van der Waals surface area contributed by atoms with Crippen LogP contribution in [0.4, 0.5) is 5.13 Å². The lowest BCUT2D eigenvalue weighted by Crippen LogP contribution is -2.11. The van der Waals surface area contributed by atoms with Crippen molar-refractivity contribution >= 4 is 34.0 Å². The Morgan fingerprint density at radius 3 is 2.62 bits per heavy atom. The summed E-state index contributed by atoms with van der Waals surface area (Å²) in [5.41, 5.74) is 0.567. The number of nitrogens with zero attached hydrogens (tertiary/aromatic N) is 1. The van der Waals surface area contributed by atoms with Crippen molar-refractivity contribution in [3.05, 3.63) is 45.9 Å². The van der Waals surface area contributed by atoms with Crippen molar-refractivity contribution in [2.24, 2.45) is 0 Å². The van der Waals surface area contributed by atoms with Gasteiger partial charge in [-0.25, -0.2) is 4.98 Å². The second-order valence-electron chi connectivity index (χ2n) is 3.24. The van der Waals surface area contributed by atoms with Gasteiger partial charge >= 0.3 is 0 Å². The van der Waals surface area contributed by atoms with E-state index in [1.54, 1.807) is 30.5 Å². The number of thiazole rings is 1. The molecule has 0 spiro atoms.